The van der Waals surface area contributed by atoms with Crippen LogP contribution in [0.3, 0.4) is 0 Å². The van der Waals surface area contributed by atoms with E-state index in [4.69, 9.17) is 5.41 Å². The number of para-hydroxylation sites is 3. The Kier molecular flexibility index (Phi) is 7.47. The van der Waals surface area contributed by atoms with Crippen LogP contribution in [0.25, 0.3) is 66.1 Å². The summed E-state index contributed by atoms with van der Waals surface area (Å²) in [6.07, 6.45) is 0.0255. The molecule has 0 amide bonds. The largest absolute Gasteiger partial charge is 0.309 e. The highest BCUT2D eigenvalue weighted by molar-refractivity contribution is 6.12. The van der Waals surface area contributed by atoms with Crippen LogP contribution in [0.15, 0.2) is 200 Å². The lowest BCUT2D eigenvalue weighted by atomic mass is 10.0. The molecule has 0 radical (unpaired) electrons. The Morgan fingerprint density at radius 3 is 1.66 bits per heavy atom. The lowest BCUT2D eigenvalue weighted by molar-refractivity contribution is 0.391. The van der Waals surface area contributed by atoms with E-state index in [0.717, 1.165) is 16.9 Å². The molecule has 0 spiro atoms. The van der Waals surface area contributed by atoms with Crippen LogP contribution in [0.2, 0.25) is 0 Å². The first kappa shape index (κ1) is 32.2. The summed E-state index contributed by atoms with van der Waals surface area (Å²) in [6.45, 7) is 0.707. The van der Waals surface area contributed by atoms with Crippen molar-refractivity contribution >= 4 is 49.4 Å². The molecule has 2 unspecified atom stereocenters. The van der Waals surface area contributed by atoms with Crippen molar-refractivity contribution in [3.63, 3.8) is 0 Å². The zero-order valence-corrected chi connectivity index (χ0v) is 30.6. The van der Waals surface area contributed by atoms with Crippen molar-refractivity contribution in [2.24, 2.45) is 0 Å². The Balaban J connectivity index is 0.948. The minimum atomic E-state index is 0.0255. The number of hydrogen-bond acceptors (Lipinski definition) is 2. The molecule has 8 aromatic carbocycles. The number of rotatable bonds is 7. The van der Waals surface area contributed by atoms with Gasteiger partial charge in [-0.05, 0) is 76.9 Å². The number of nitrogens with zero attached hydrogens (tertiary/aromatic N) is 4. The van der Waals surface area contributed by atoms with Gasteiger partial charge in [-0.2, -0.15) is 5.01 Å². The lowest BCUT2D eigenvalue weighted by Gasteiger charge is -2.11. The Bertz CT molecular complexity index is 3070. The van der Waals surface area contributed by atoms with Crippen molar-refractivity contribution < 1.29 is 0 Å². The predicted octanol–water partition coefficient (Wildman–Crippen LogP) is 12.3. The molecule has 0 bridgehead atoms. The van der Waals surface area contributed by atoms with Gasteiger partial charge in [-0.15, -0.1) is 0 Å². The number of nitrogens with one attached hydrogen (secondary N) is 1. The highest BCUT2D eigenvalue weighted by atomic mass is 15.9. The minimum Gasteiger partial charge on any atom is -0.309 e. The zero-order chi connectivity index (χ0) is 37.2. The van der Waals surface area contributed by atoms with Gasteiger partial charge in [-0.3, -0.25) is 10.4 Å². The Hall–Kier alpha value is -7.21. The second-order valence-electron chi connectivity index (χ2n) is 14.6. The quantitative estimate of drug-likeness (QED) is 0.101. The second kappa shape index (κ2) is 13.0. The molecule has 1 fully saturated rings. The second-order valence-corrected chi connectivity index (χ2v) is 14.6. The van der Waals surface area contributed by atoms with Crippen molar-refractivity contribution in [3.05, 3.63) is 217 Å². The van der Waals surface area contributed by atoms with Crippen LogP contribution < -0.4 is 0 Å². The molecule has 1 aliphatic heterocycles. The van der Waals surface area contributed by atoms with Crippen LogP contribution in [0.4, 0.5) is 0 Å². The third kappa shape index (κ3) is 5.24. The average Bonchev–Trinajstić information content (AvgIpc) is 3.74. The molecule has 2 aromatic heterocycles. The van der Waals surface area contributed by atoms with Crippen molar-refractivity contribution in [2.45, 2.75) is 12.7 Å². The summed E-state index contributed by atoms with van der Waals surface area (Å²) in [5.41, 5.74) is 12.8. The van der Waals surface area contributed by atoms with E-state index < -0.39 is 0 Å². The summed E-state index contributed by atoms with van der Waals surface area (Å²) in [7, 11) is 0. The molecule has 56 heavy (non-hydrogen) atoms. The van der Waals surface area contributed by atoms with E-state index in [1.54, 1.807) is 0 Å². The van der Waals surface area contributed by atoms with Crippen LogP contribution in [0.5, 0.6) is 0 Å². The molecule has 1 aliphatic rings. The van der Waals surface area contributed by atoms with Gasteiger partial charge >= 0.3 is 0 Å². The Morgan fingerprint density at radius 2 is 0.946 bits per heavy atom. The summed E-state index contributed by atoms with van der Waals surface area (Å²) in [4.78, 5) is 0. The fourth-order valence-corrected chi connectivity index (χ4v) is 8.66. The SMILES string of the molecule is N=C(c1ccccc1)N1C(c2ccccc2)N1Cc1ccc(-n2c3ccccc3c3cc(-c4ccc5c6ccccc6n(-c6ccccc6)c5c4)ccc32)cc1. The Labute approximate surface area is 325 Å². The van der Waals surface area contributed by atoms with E-state index >= 15 is 0 Å². The number of amidine groups is 1. The fraction of sp³-hybridized carbons (Fsp3) is 0.0392. The molecule has 5 nitrogen and oxygen atoms in total. The van der Waals surface area contributed by atoms with Gasteiger partial charge < -0.3 is 9.13 Å². The molecule has 0 saturated carbocycles. The van der Waals surface area contributed by atoms with Gasteiger partial charge in [-0.25, -0.2) is 0 Å². The fourth-order valence-electron chi connectivity index (χ4n) is 8.66. The smallest absolute Gasteiger partial charge is 0.144 e. The van der Waals surface area contributed by atoms with E-state index in [9.17, 15) is 0 Å². The van der Waals surface area contributed by atoms with Crippen LogP contribution >= 0.6 is 0 Å². The summed E-state index contributed by atoms with van der Waals surface area (Å²) >= 11 is 0. The monoisotopic (exact) mass is 719 g/mol. The molecule has 266 valence electrons. The number of aromatic nitrogens is 2. The maximum atomic E-state index is 9.06. The highest BCUT2D eigenvalue weighted by Crippen LogP contribution is 2.44. The molecule has 1 N–H and O–H groups in total. The molecular formula is C51H37N5. The number of benzene rings is 8. The van der Waals surface area contributed by atoms with Crippen molar-refractivity contribution in [3.8, 4) is 22.5 Å². The third-order valence-electron chi connectivity index (χ3n) is 11.3. The first-order valence-electron chi connectivity index (χ1n) is 19.2. The topological polar surface area (TPSA) is 39.7 Å². The molecule has 3 heterocycles. The van der Waals surface area contributed by atoms with Gasteiger partial charge in [0.25, 0.3) is 0 Å². The minimum absolute atomic E-state index is 0.0255. The normalized spacial score (nSPS) is 15.2. The number of hydrogen-bond donors (Lipinski definition) is 1. The summed E-state index contributed by atoms with van der Waals surface area (Å²) in [5, 5.41) is 18.4. The lowest BCUT2D eigenvalue weighted by Crippen LogP contribution is -2.16. The standard InChI is InChI=1S/C51H37N5/c52-50(36-14-4-1-5-15-36)56-51(37-16-6-2-7-17-37)53(56)34-35-24-28-41(29-25-35)54-47-23-13-11-21-43(47)45-32-38(27-31-48(45)54)39-26-30-44-42-20-10-12-22-46(42)55(49(44)33-39)40-18-8-3-9-19-40/h1-33,51-52H,34H2. The highest BCUT2D eigenvalue weighted by Gasteiger charge is 2.48. The zero-order valence-electron chi connectivity index (χ0n) is 30.6. The molecule has 2 atom stereocenters. The molecular weight excluding hydrogens is 683 g/mol. The molecule has 11 rings (SSSR count). The van der Waals surface area contributed by atoms with Gasteiger partial charge in [0.1, 0.15) is 12.0 Å². The first-order chi connectivity index (χ1) is 27.7. The average molecular weight is 720 g/mol. The van der Waals surface area contributed by atoms with E-state index in [0.29, 0.717) is 12.4 Å². The third-order valence-corrected chi connectivity index (χ3v) is 11.3. The van der Waals surface area contributed by atoms with Crippen molar-refractivity contribution in [1.82, 2.24) is 19.2 Å². The molecule has 5 heteroatoms. The molecule has 1 saturated heterocycles. The van der Waals surface area contributed by atoms with Crippen LogP contribution in [-0.2, 0) is 6.54 Å². The number of hydrazine groups is 1. The van der Waals surface area contributed by atoms with E-state index in [1.807, 2.05) is 36.4 Å². The van der Waals surface area contributed by atoms with Gasteiger partial charge in [0, 0.05) is 45.0 Å². The predicted molar refractivity (Wildman–Crippen MR) is 230 cm³/mol. The van der Waals surface area contributed by atoms with Gasteiger partial charge in [0.05, 0.1) is 22.1 Å². The van der Waals surface area contributed by atoms with Crippen LogP contribution in [0, 0.1) is 5.41 Å². The Morgan fingerprint density at radius 1 is 0.429 bits per heavy atom. The van der Waals surface area contributed by atoms with Crippen molar-refractivity contribution in [1.29, 1.82) is 5.41 Å². The first-order valence-corrected chi connectivity index (χ1v) is 19.2. The maximum absolute atomic E-state index is 9.06. The van der Waals surface area contributed by atoms with Gasteiger partial charge in [0.15, 0.2) is 0 Å². The van der Waals surface area contributed by atoms with Crippen LogP contribution in [0.1, 0.15) is 22.9 Å². The van der Waals surface area contributed by atoms with Crippen molar-refractivity contribution in [2.75, 3.05) is 0 Å². The van der Waals surface area contributed by atoms with Gasteiger partial charge in [-0.1, -0.05) is 146 Å². The summed E-state index contributed by atoms with van der Waals surface area (Å²) in [6, 6.07) is 71.3. The van der Waals surface area contributed by atoms with E-state index in [1.165, 1.54) is 65.9 Å². The maximum Gasteiger partial charge on any atom is 0.144 e. The summed E-state index contributed by atoms with van der Waals surface area (Å²) in [5.74, 6) is 0.513. The van der Waals surface area contributed by atoms with Crippen LogP contribution in [-0.4, -0.2) is 25.0 Å². The number of fused-ring (bicyclic) bond motifs is 6. The van der Waals surface area contributed by atoms with Gasteiger partial charge in [0.2, 0.25) is 0 Å². The van der Waals surface area contributed by atoms with E-state index in [-0.39, 0.29) is 6.17 Å². The van der Waals surface area contributed by atoms with E-state index in [2.05, 4.69) is 183 Å². The summed E-state index contributed by atoms with van der Waals surface area (Å²) < 4.78 is 4.77. The molecule has 0 aliphatic carbocycles. The molecule has 10 aromatic rings.